The van der Waals surface area contributed by atoms with Gasteiger partial charge in [-0.05, 0) is 40.8 Å². The first kappa shape index (κ1) is 14.1. The maximum absolute atomic E-state index is 4.65. The van der Waals surface area contributed by atoms with Gasteiger partial charge < -0.3 is 15.1 Å². The van der Waals surface area contributed by atoms with Crippen molar-refractivity contribution in [3.8, 4) is 0 Å². The van der Waals surface area contributed by atoms with Crippen molar-refractivity contribution in [2.75, 3.05) is 43.4 Å². The molecule has 1 atom stereocenters. The summed E-state index contributed by atoms with van der Waals surface area (Å²) in [5.74, 6) is 1.79. The lowest BCUT2D eigenvalue weighted by atomic mass is 10.2. The van der Waals surface area contributed by atoms with Crippen LogP contribution >= 0.6 is 0 Å². The fraction of sp³-hybridized carbons (Fsp3) is 0.714. The van der Waals surface area contributed by atoms with E-state index in [1.165, 1.54) is 6.42 Å². The Kier molecular flexibility index (Phi) is 4.58. The molecule has 1 aromatic heterocycles. The van der Waals surface area contributed by atoms with Crippen LogP contribution in [0.15, 0.2) is 6.07 Å². The van der Waals surface area contributed by atoms with Gasteiger partial charge in [0.05, 0.1) is 0 Å². The van der Waals surface area contributed by atoms with E-state index >= 15 is 0 Å². The molecule has 1 aliphatic rings. The summed E-state index contributed by atoms with van der Waals surface area (Å²) in [4.78, 5) is 13.9. The molecular formula is C14H25N5. The van der Waals surface area contributed by atoms with Gasteiger partial charge in [0.15, 0.2) is 0 Å². The highest BCUT2D eigenvalue weighted by molar-refractivity contribution is 5.45. The summed E-state index contributed by atoms with van der Waals surface area (Å²) in [6.45, 7) is 10.5. The minimum absolute atomic E-state index is 0.483. The molecule has 0 aromatic carbocycles. The van der Waals surface area contributed by atoms with E-state index in [4.69, 9.17) is 0 Å². The monoisotopic (exact) mass is 263 g/mol. The number of aryl methyl sites for hydroxylation is 1. The Bertz CT molecular complexity index is 420. The number of hydrogen-bond donors (Lipinski definition) is 1. The van der Waals surface area contributed by atoms with E-state index in [9.17, 15) is 0 Å². The quantitative estimate of drug-likeness (QED) is 0.900. The fourth-order valence-corrected chi connectivity index (χ4v) is 2.65. The third-order valence-electron chi connectivity index (χ3n) is 3.52. The number of likely N-dealkylation sites (N-methyl/N-ethyl adjacent to an activating group) is 1. The largest absolute Gasteiger partial charge is 0.354 e. The second kappa shape index (κ2) is 6.19. The fourth-order valence-electron chi connectivity index (χ4n) is 2.65. The summed E-state index contributed by atoms with van der Waals surface area (Å²) < 4.78 is 0. The minimum Gasteiger partial charge on any atom is -0.354 e. The van der Waals surface area contributed by atoms with Crippen LogP contribution in [0, 0.1) is 6.92 Å². The molecule has 1 aromatic rings. The molecule has 1 aliphatic heterocycles. The van der Waals surface area contributed by atoms with Crippen LogP contribution < -0.4 is 10.2 Å². The summed E-state index contributed by atoms with van der Waals surface area (Å²) in [5.41, 5.74) is 1.02. The molecule has 1 fully saturated rings. The lowest BCUT2D eigenvalue weighted by Gasteiger charge is -2.29. The van der Waals surface area contributed by atoms with E-state index in [-0.39, 0.29) is 0 Å². The van der Waals surface area contributed by atoms with E-state index in [0.717, 1.165) is 43.6 Å². The van der Waals surface area contributed by atoms with Crippen LogP contribution in [0.5, 0.6) is 0 Å². The number of hydrogen-bond acceptors (Lipinski definition) is 5. The van der Waals surface area contributed by atoms with E-state index in [1.54, 1.807) is 0 Å². The number of rotatable bonds is 3. The molecule has 0 amide bonds. The molecule has 0 bridgehead atoms. The molecule has 19 heavy (non-hydrogen) atoms. The predicted molar refractivity (Wildman–Crippen MR) is 79.9 cm³/mol. The van der Waals surface area contributed by atoms with Crippen molar-refractivity contribution in [2.45, 2.75) is 33.2 Å². The van der Waals surface area contributed by atoms with Crippen molar-refractivity contribution in [3.05, 3.63) is 11.8 Å². The van der Waals surface area contributed by atoms with Gasteiger partial charge >= 0.3 is 0 Å². The smallest absolute Gasteiger partial charge is 0.224 e. The summed E-state index contributed by atoms with van der Waals surface area (Å²) in [5, 5.41) is 3.21. The summed E-state index contributed by atoms with van der Waals surface area (Å²) >= 11 is 0. The van der Waals surface area contributed by atoms with Crippen LogP contribution in [-0.2, 0) is 0 Å². The van der Waals surface area contributed by atoms with Crippen LogP contribution in [0.2, 0.25) is 0 Å². The highest BCUT2D eigenvalue weighted by Crippen LogP contribution is 2.20. The molecule has 1 saturated heterocycles. The van der Waals surface area contributed by atoms with Crippen LogP contribution in [0.25, 0.3) is 0 Å². The number of anilines is 2. The SMILES string of the molecule is CCNc1nc(C)cc(N2CCCN(C)CC2C)n1. The zero-order valence-corrected chi connectivity index (χ0v) is 12.5. The van der Waals surface area contributed by atoms with E-state index in [1.807, 2.05) is 6.92 Å². The van der Waals surface area contributed by atoms with Gasteiger partial charge in [0.1, 0.15) is 5.82 Å². The zero-order chi connectivity index (χ0) is 13.8. The van der Waals surface area contributed by atoms with E-state index < -0.39 is 0 Å². The molecule has 0 saturated carbocycles. The number of nitrogens with one attached hydrogen (secondary N) is 1. The molecule has 2 heterocycles. The molecule has 5 nitrogen and oxygen atoms in total. The Morgan fingerprint density at radius 2 is 2.16 bits per heavy atom. The molecule has 2 rings (SSSR count). The average molecular weight is 263 g/mol. The first-order chi connectivity index (χ1) is 9.10. The average Bonchev–Trinajstić information content (AvgIpc) is 2.49. The van der Waals surface area contributed by atoms with Gasteiger partial charge in [-0.1, -0.05) is 0 Å². The Balaban J connectivity index is 2.24. The maximum atomic E-state index is 4.65. The van der Waals surface area contributed by atoms with Crippen molar-refractivity contribution in [2.24, 2.45) is 0 Å². The Labute approximate surface area is 116 Å². The molecule has 1 N–H and O–H groups in total. The van der Waals surface area contributed by atoms with Gasteiger partial charge in [-0.15, -0.1) is 0 Å². The van der Waals surface area contributed by atoms with Crippen LogP contribution in [0.4, 0.5) is 11.8 Å². The molecule has 5 heteroatoms. The molecule has 0 spiro atoms. The molecular weight excluding hydrogens is 238 g/mol. The number of nitrogens with zero attached hydrogens (tertiary/aromatic N) is 4. The van der Waals surface area contributed by atoms with Gasteiger partial charge in [-0.25, -0.2) is 4.98 Å². The Hall–Kier alpha value is -1.36. The number of aromatic nitrogens is 2. The van der Waals surface area contributed by atoms with Gasteiger partial charge in [0.25, 0.3) is 0 Å². The van der Waals surface area contributed by atoms with Crippen molar-refractivity contribution in [1.82, 2.24) is 14.9 Å². The third-order valence-corrected chi connectivity index (χ3v) is 3.52. The second-order valence-electron chi connectivity index (χ2n) is 5.38. The zero-order valence-electron chi connectivity index (χ0n) is 12.5. The third kappa shape index (κ3) is 3.56. The summed E-state index contributed by atoms with van der Waals surface area (Å²) in [6, 6.07) is 2.57. The first-order valence-electron chi connectivity index (χ1n) is 7.15. The van der Waals surface area contributed by atoms with Gasteiger partial charge in [-0.2, -0.15) is 4.98 Å². The molecule has 0 aliphatic carbocycles. The van der Waals surface area contributed by atoms with Gasteiger partial charge in [-0.3, -0.25) is 0 Å². The highest BCUT2D eigenvalue weighted by atomic mass is 15.3. The maximum Gasteiger partial charge on any atom is 0.224 e. The normalized spacial score (nSPS) is 21.3. The summed E-state index contributed by atoms with van der Waals surface area (Å²) in [6.07, 6.45) is 1.18. The molecule has 1 unspecified atom stereocenters. The van der Waals surface area contributed by atoms with Gasteiger partial charge in [0.2, 0.25) is 5.95 Å². The van der Waals surface area contributed by atoms with Crippen molar-refractivity contribution in [1.29, 1.82) is 0 Å². The van der Waals surface area contributed by atoms with E-state index in [2.05, 4.69) is 52.0 Å². The predicted octanol–water partition coefficient (Wildman–Crippen LogP) is 1.75. The second-order valence-corrected chi connectivity index (χ2v) is 5.38. The molecule has 0 radical (unpaired) electrons. The van der Waals surface area contributed by atoms with Crippen LogP contribution in [0.1, 0.15) is 26.0 Å². The lowest BCUT2D eigenvalue weighted by molar-refractivity contribution is 0.337. The van der Waals surface area contributed by atoms with E-state index in [0.29, 0.717) is 6.04 Å². The summed E-state index contributed by atoms with van der Waals surface area (Å²) in [7, 11) is 2.19. The van der Waals surface area contributed by atoms with Crippen LogP contribution in [0.3, 0.4) is 0 Å². The molecule has 106 valence electrons. The topological polar surface area (TPSA) is 44.3 Å². The minimum atomic E-state index is 0.483. The van der Waals surface area contributed by atoms with Crippen LogP contribution in [-0.4, -0.2) is 54.1 Å². The van der Waals surface area contributed by atoms with Crippen molar-refractivity contribution in [3.63, 3.8) is 0 Å². The van der Waals surface area contributed by atoms with Crippen molar-refractivity contribution < 1.29 is 0 Å². The van der Waals surface area contributed by atoms with Crippen molar-refractivity contribution >= 4 is 11.8 Å². The van der Waals surface area contributed by atoms with Gasteiger partial charge in [0, 0.05) is 37.4 Å². The first-order valence-corrected chi connectivity index (χ1v) is 7.15. The Morgan fingerprint density at radius 1 is 1.37 bits per heavy atom. The highest BCUT2D eigenvalue weighted by Gasteiger charge is 2.21. The Morgan fingerprint density at radius 3 is 2.89 bits per heavy atom. The standard InChI is InChI=1S/C14H25N5/c1-5-15-14-16-11(2)9-13(17-14)19-8-6-7-18(4)10-12(19)3/h9,12H,5-8,10H2,1-4H3,(H,15,16,17). The lowest BCUT2D eigenvalue weighted by Crippen LogP contribution is -2.38.